The third-order valence-corrected chi connectivity index (χ3v) is 4.35. The highest BCUT2D eigenvalue weighted by Gasteiger charge is 2.54. The van der Waals surface area contributed by atoms with E-state index in [1.807, 2.05) is 0 Å². The molecule has 0 radical (unpaired) electrons. The number of carbonyl (C=O) groups is 2. The molecular weight excluding hydrogens is 262 g/mol. The van der Waals surface area contributed by atoms with Gasteiger partial charge in [0.1, 0.15) is 5.71 Å². The van der Waals surface area contributed by atoms with Crippen LogP contribution in [-0.2, 0) is 19.1 Å². The Hall–Kier alpha value is -1.47. The lowest BCUT2D eigenvalue weighted by atomic mass is 9.67. The van der Waals surface area contributed by atoms with Crippen molar-refractivity contribution in [1.82, 2.24) is 10.7 Å². The summed E-state index contributed by atoms with van der Waals surface area (Å²) in [6, 6.07) is 0.0790. The number of carbonyl (C=O) groups excluding carboxylic acids is 2. The van der Waals surface area contributed by atoms with Crippen LogP contribution in [-0.4, -0.2) is 50.0 Å². The van der Waals surface area contributed by atoms with Crippen molar-refractivity contribution in [2.45, 2.75) is 31.4 Å². The van der Waals surface area contributed by atoms with Crippen molar-refractivity contribution in [2.75, 3.05) is 20.3 Å². The summed E-state index contributed by atoms with van der Waals surface area (Å²) >= 11 is 0. The molecule has 2 fully saturated rings. The van der Waals surface area contributed by atoms with Gasteiger partial charge in [0.2, 0.25) is 5.91 Å². The Morgan fingerprint density at radius 1 is 1.55 bits per heavy atom. The number of nitrogens with zero attached hydrogens (tertiary/aromatic N) is 1. The van der Waals surface area contributed by atoms with Crippen molar-refractivity contribution in [3.8, 4) is 0 Å². The number of hydrogen-bond donors (Lipinski definition) is 2. The van der Waals surface area contributed by atoms with Gasteiger partial charge >= 0.3 is 0 Å². The van der Waals surface area contributed by atoms with Gasteiger partial charge < -0.3 is 14.8 Å². The summed E-state index contributed by atoms with van der Waals surface area (Å²) in [6.45, 7) is 1.33. The highest BCUT2D eigenvalue weighted by molar-refractivity contribution is 6.39. The summed E-state index contributed by atoms with van der Waals surface area (Å²) in [5.41, 5.74) is 2.74. The van der Waals surface area contributed by atoms with Crippen molar-refractivity contribution in [2.24, 2.45) is 16.9 Å². The Balaban J connectivity index is 1.61. The second-order valence-electron chi connectivity index (χ2n) is 5.50. The topological polar surface area (TPSA) is 89.0 Å². The molecule has 0 aromatic carbocycles. The number of nitrogens with one attached hydrogen (secondary N) is 2. The van der Waals surface area contributed by atoms with E-state index >= 15 is 0 Å². The van der Waals surface area contributed by atoms with Crippen LogP contribution < -0.4 is 10.7 Å². The largest absolute Gasteiger partial charge is 0.384 e. The van der Waals surface area contributed by atoms with Gasteiger partial charge in [0.15, 0.2) is 0 Å². The molecule has 7 heteroatoms. The molecule has 2 heterocycles. The van der Waals surface area contributed by atoms with Gasteiger partial charge in [-0.2, -0.15) is 5.10 Å². The highest BCUT2D eigenvalue weighted by Crippen LogP contribution is 2.43. The normalized spacial score (nSPS) is 35.6. The van der Waals surface area contributed by atoms with E-state index in [2.05, 4.69) is 15.8 Å². The van der Waals surface area contributed by atoms with E-state index in [4.69, 9.17) is 9.47 Å². The number of rotatable bonds is 4. The van der Waals surface area contributed by atoms with Crippen LogP contribution >= 0.6 is 0 Å². The van der Waals surface area contributed by atoms with Crippen LogP contribution in [0.5, 0.6) is 0 Å². The zero-order chi connectivity index (χ0) is 14.1. The van der Waals surface area contributed by atoms with E-state index in [1.54, 1.807) is 7.11 Å². The molecule has 0 aromatic heterocycles. The number of fused-ring (bicyclic) bond motifs is 1. The molecule has 20 heavy (non-hydrogen) atoms. The summed E-state index contributed by atoms with van der Waals surface area (Å²) in [4.78, 5) is 23.2. The summed E-state index contributed by atoms with van der Waals surface area (Å²) in [5, 5.41) is 6.85. The minimum atomic E-state index is -0.193. The fraction of sp³-hybridized carbons (Fsp3) is 0.769. The number of ether oxygens (including phenoxy) is 2. The van der Waals surface area contributed by atoms with Gasteiger partial charge in [-0.3, -0.25) is 9.59 Å². The Kier molecular flexibility index (Phi) is 3.71. The maximum Gasteiger partial charge on any atom is 0.267 e. The minimum absolute atomic E-state index is 0.0790. The van der Waals surface area contributed by atoms with Crippen LogP contribution in [0.3, 0.4) is 0 Å². The summed E-state index contributed by atoms with van der Waals surface area (Å²) < 4.78 is 10.9. The first kappa shape index (κ1) is 13.5. The molecule has 0 aromatic rings. The summed E-state index contributed by atoms with van der Waals surface area (Å²) in [6.07, 6.45) is 1.88. The molecule has 7 nitrogen and oxygen atoms in total. The van der Waals surface area contributed by atoms with Gasteiger partial charge in [0.25, 0.3) is 5.91 Å². The first-order chi connectivity index (χ1) is 9.70. The molecule has 0 bridgehead atoms. The van der Waals surface area contributed by atoms with Gasteiger partial charge in [0, 0.05) is 44.4 Å². The number of hydrazone groups is 1. The van der Waals surface area contributed by atoms with E-state index < -0.39 is 0 Å². The standard InChI is InChI=1S/C13H19N3O4/c1-19-6-8-11(7-4-5-20-12(7)8)14-13(18)9-2-3-10(17)16-15-9/h7-8,11-12H,2-6H2,1H3,(H,14,18)(H,16,17)/t7-,8+,11-,12-/m1/s1. The first-order valence-corrected chi connectivity index (χ1v) is 6.97. The number of hydrogen-bond acceptors (Lipinski definition) is 5. The zero-order valence-electron chi connectivity index (χ0n) is 11.4. The summed E-state index contributed by atoms with van der Waals surface area (Å²) in [7, 11) is 1.65. The summed E-state index contributed by atoms with van der Waals surface area (Å²) in [5.74, 6) is 0.237. The van der Waals surface area contributed by atoms with Crippen LogP contribution in [0, 0.1) is 11.8 Å². The van der Waals surface area contributed by atoms with Crippen molar-refractivity contribution < 1.29 is 19.1 Å². The minimum Gasteiger partial charge on any atom is -0.384 e. The van der Waals surface area contributed by atoms with Crippen molar-refractivity contribution in [3.63, 3.8) is 0 Å². The van der Waals surface area contributed by atoms with Gasteiger partial charge in [-0.15, -0.1) is 0 Å². The van der Waals surface area contributed by atoms with E-state index in [0.717, 1.165) is 13.0 Å². The van der Waals surface area contributed by atoms with E-state index in [1.165, 1.54) is 0 Å². The van der Waals surface area contributed by atoms with E-state index in [-0.39, 0.29) is 29.9 Å². The fourth-order valence-electron chi connectivity index (χ4n) is 3.31. The Morgan fingerprint density at radius 2 is 2.40 bits per heavy atom. The maximum atomic E-state index is 12.2. The van der Waals surface area contributed by atoms with Crippen molar-refractivity contribution in [1.29, 1.82) is 0 Å². The Morgan fingerprint density at radius 3 is 3.10 bits per heavy atom. The third-order valence-electron chi connectivity index (χ3n) is 4.35. The van der Waals surface area contributed by atoms with Crippen LogP contribution in [0.15, 0.2) is 5.10 Å². The van der Waals surface area contributed by atoms with E-state index in [9.17, 15) is 9.59 Å². The lowest BCUT2D eigenvalue weighted by molar-refractivity contribution is -0.124. The molecule has 4 atom stereocenters. The smallest absolute Gasteiger partial charge is 0.267 e. The molecule has 3 rings (SSSR count). The zero-order valence-corrected chi connectivity index (χ0v) is 11.4. The van der Waals surface area contributed by atoms with Gasteiger partial charge in [-0.25, -0.2) is 5.43 Å². The molecule has 3 aliphatic rings. The molecule has 2 aliphatic heterocycles. The van der Waals surface area contributed by atoms with Gasteiger partial charge in [0.05, 0.1) is 12.7 Å². The van der Waals surface area contributed by atoms with Crippen LogP contribution in [0.1, 0.15) is 19.3 Å². The SMILES string of the molecule is COC[C@H]1[C@H](NC(=O)C2=NNC(=O)CC2)[C@H]2CCO[C@H]21. The van der Waals surface area contributed by atoms with Crippen molar-refractivity contribution >= 4 is 17.5 Å². The molecule has 0 spiro atoms. The van der Waals surface area contributed by atoms with Crippen molar-refractivity contribution in [3.05, 3.63) is 0 Å². The average Bonchev–Trinajstić information content (AvgIpc) is 2.87. The molecule has 2 amide bonds. The number of amides is 2. The van der Waals surface area contributed by atoms with Crippen LogP contribution in [0.25, 0.3) is 0 Å². The second kappa shape index (κ2) is 5.49. The molecule has 1 saturated carbocycles. The molecule has 1 aliphatic carbocycles. The van der Waals surface area contributed by atoms with Gasteiger partial charge in [-0.1, -0.05) is 0 Å². The lowest BCUT2D eigenvalue weighted by Crippen LogP contribution is -2.63. The first-order valence-electron chi connectivity index (χ1n) is 6.97. The maximum absolute atomic E-state index is 12.2. The molecule has 2 N–H and O–H groups in total. The van der Waals surface area contributed by atoms with Gasteiger partial charge in [-0.05, 0) is 6.42 Å². The Labute approximate surface area is 117 Å². The predicted molar refractivity (Wildman–Crippen MR) is 70.0 cm³/mol. The number of methoxy groups -OCH3 is 1. The quantitative estimate of drug-likeness (QED) is 0.721. The van der Waals surface area contributed by atoms with Crippen LogP contribution in [0.4, 0.5) is 0 Å². The second-order valence-corrected chi connectivity index (χ2v) is 5.50. The highest BCUT2D eigenvalue weighted by atomic mass is 16.5. The van der Waals surface area contributed by atoms with Crippen LogP contribution in [0.2, 0.25) is 0 Å². The average molecular weight is 281 g/mol. The predicted octanol–water partition coefficient (Wildman–Crippen LogP) is -0.581. The Bertz CT molecular complexity index is 451. The third kappa shape index (κ3) is 2.31. The fourth-order valence-corrected chi connectivity index (χ4v) is 3.31. The molecule has 1 saturated heterocycles. The molecular formula is C13H19N3O4. The molecule has 0 unspecified atom stereocenters. The monoisotopic (exact) mass is 281 g/mol. The molecule has 110 valence electrons. The van der Waals surface area contributed by atoms with E-state index in [0.29, 0.717) is 31.1 Å². The lowest BCUT2D eigenvalue weighted by Gasteiger charge is -2.47.